The largest absolute Gasteiger partial charge is 0.454 e. The highest BCUT2D eigenvalue weighted by Gasteiger charge is 2.15. The van der Waals surface area contributed by atoms with Crippen LogP contribution in [-0.2, 0) is 0 Å². The van der Waals surface area contributed by atoms with Gasteiger partial charge in [0.1, 0.15) is 17.6 Å². The van der Waals surface area contributed by atoms with Crippen molar-refractivity contribution in [2.45, 2.75) is 4.90 Å². The van der Waals surface area contributed by atoms with Gasteiger partial charge in [0.15, 0.2) is 17.4 Å². The average Bonchev–Trinajstić information content (AvgIpc) is 3.60. The molecule has 0 fully saturated rings. The molecule has 0 atom stereocenters. The SMILES string of the molecule is N#Cc1cc(SNc2cscn2)ccc1Oc1cnc(-c2ccc(F)c(F)c2)cc1-c1cn[nH]c1. The first-order valence-electron chi connectivity index (χ1n) is 10.1. The van der Waals surface area contributed by atoms with Crippen LogP contribution >= 0.6 is 23.3 Å². The van der Waals surface area contributed by atoms with Gasteiger partial charge in [-0.05, 0) is 54.4 Å². The maximum atomic E-state index is 13.8. The number of halogens is 2. The lowest BCUT2D eigenvalue weighted by Gasteiger charge is -2.13. The third kappa shape index (κ3) is 4.98. The summed E-state index contributed by atoms with van der Waals surface area (Å²) in [6.45, 7) is 0. The molecule has 5 aromatic rings. The van der Waals surface area contributed by atoms with E-state index < -0.39 is 11.6 Å². The standard InChI is InChI=1S/C24H14F2N6OS2/c25-19-3-1-14(6-20(19)26)21-7-18(16-9-30-31-10-16)23(11-28-21)33-22-4-2-17(5-15(22)8-27)35-32-24-12-34-13-29-24/h1-7,9-13,32H,(H,30,31). The molecule has 5 rings (SSSR count). The summed E-state index contributed by atoms with van der Waals surface area (Å²) in [5.74, 6) is -0.449. The molecule has 2 aromatic carbocycles. The first-order valence-corrected chi connectivity index (χ1v) is 11.8. The van der Waals surface area contributed by atoms with Gasteiger partial charge < -0.3 is 9.46 Å². The second kappa shape index (κ2) is 9.92. The van der Waals surface area contributed by atoms with Gasteiger partial charge in [-0.3, -0.25) is 10.1 Å². The quantitative estimate of drug-likeness (QED) is 0.239. The van der Waals surface area contributed by atoms with E-state index in [0.29, 0.717) is 39.4 Å². The highest BCUT2D eigenvalue weighted by molar-refractivity contribution is 8.00. The number of ether oxygens (including phenoxy) is 1. The number of nitrogens with zero attached hydrogens (tertiary/aromatic N) is 4. The number of anilines is 1. The zero-order valence-corrected chi connectivity index (χ0v) is 19.3. The zero-order chi connectivity index (χ0) is 24.2. The van der Waals surface area contributed by atoms with Crippen LogP contribution in [0.4, 0.5) is 14.6 Å². The van der Waals surface area contributed by atoms with Crippen LogP contribution in [0.3, 0.4) is 0 Å². The number of benzene rings is 2. The zero-order valence-electron chi connectivity index (χ0n) is 17.7. The Hall–Kier alpha value is -4.27. The summed E-state index contributed by atoms with van der Waals surface area (Å²) in [5, 5.41) is 18.3. The Morgan fingerprint density at radius 2 is 1.91 bits per heavy atom. The molecule has 3 aromatic heterocycles. The normalized spacial score (nSPS) is 10.7. The number of hydrogen-bond donors (Lipinski definition) is 2. The first-order chi connectivity index (χ1) is 17.1. The van der Waals surface area contributed by atoms with E-state index in [9.17, 15) is 14.0 Å². The number of nitriles is 1. The molecule has 0 aliphatic rings. The summed E-state index contributed by atoms with van der Waals surface area (Å²) in [7, 11) is 0. The summed E-state index contributed by atoms with van der Waals surface area (Å²) < 4.78 is 36.4. The molecular weight excluding hydrogens is 490 g/mol. The Morgan fingerprint density at radius 3 is 2.66 bits per heavy atom. The summed E-state index contributed by atoms with van der Waals surface area (Å²) in [6.07, 6.45) is 4.76. The first kappa shape index (κ1) is 22.5. The second-order valence-corrected chi connectivity index (χ2v) is 8.73. The van der Waals surface area contributed by atoms with Crippen molar-refractivity contribution in [3.8, 4) is 40.0 Å². The Morgan fingerprint density at radius 1 is 1.00 bits per heavy atom. The molecule has 172 valence electrons. The maximum Gasteiger partial charge on any atom is 0.159 e. The van der Waals surface area contributed by atoms with Crippen molar-refractivity contribution in [3.05, 3.63) is 89.1 Å². The molecule has 2 N–H and O–H groups in total. The van der Waals surface area contributed by atoms with Crippen molar-refractivity contribution in [1.29, 1.82) is 5.26 Å². The Kier molecular flexibility index (Phi) is 6.38. The summed E-state index contributed by atoms with van der Waals surface area (Å²) in [6, 6.07) is 12.7. The van der Waals surface area contributed by atoms with E-state index in [4.69, 9.17) is 4.74 Å². The molecule has 35 heavy (non-hydrogen) atoms. The number of hydrogen-bond acceptors (Lipinski definition) is 8. The van der Waals surface area contributed by atoms with Crippen LogP contribution in [0.1, 0.15) is 5.56 Å². The molecule has 7 nitrogen and oxygen atoms in total. The molecule has 0 saturated heterocycles. The van der Waals surface area contributed by atoms with Gasteiger partial charge in [-0.1, -0.05) is 0 Å². The second-order valence-electron chi connectivity index (χ2n) is 7.13. The van der Waals surface area contributed by atoms with Gasteiger partial charge in [0.2, 0.25) is 0 Å². The number of thiazole rings is 1. The van der Waals surface area contributed by atoms with Gasteiger partial charge >= 0.3 is 0 Å². The highest BCUT2D eigenvalue weighted by Crippen LogP contribution is 2.37. The molecule has 0 amide bonds. The monoisotopic (exact) mass is 504 g/mol. The van der Waals surface area contributed by atoms with E-state index in [1.165, 1.54) is 35.5 Å². The number of pyridine rings is 1. The van der Waals surface area contributed by atoms with Crippen LogP contribution in [0, 0.1) is 23.0 Å². The van der Waals surface area contributed by atoms with E-state index in [2.05, 4.69) is 31.0 Å². The number of rotatable bonds is 7. The van der Waals surface area contributed by atoms with Crippen molar-refractivity contribution in [2.24, 2.45) is 0 Å². The molecule has 11 heteroatoms. The third-order valence-electron chi connectivity index (χ3n) is 4.89. The number of aromatic amines is 1. The highest BCUT2D eigenvalue weighted by atomic mass is 32.2. The van der Waals surface area contributed by atoms with Gasteiger partial charge in [0.25, 0.3) is 0 Å². The van der Waals surface area contributed by atoms with Crippen LogP contribution < -0.4 is 9.46 Å². The van der Waals surface area contributed by atoms with E-state index in [1.807, 2.05) is 11.4 Å². The Balaban J connectivity index is 1.46. The molecule has 0 unspecified atom stereocenters. The predicted octanol–water partition coefficient (Wildman–Crippen LogP) is 6.66. The molecule has 0 radical (unpaired) electrons. The van der Waals surface area contributed by atoms with Crippen molar-refractivity contribution in [3.63, 3.8) is 0 Å². The van der Waals surface area contributed by atoms with E-state index in [-0.39, 0.29) is 0 Å². The fourth-order valence-corrected chi connectivity index (χ4v) is 4.41. The van der Waals surface area contributed by atoms with Crippen LogP contribution in [0.5, 0.6) is 11.5 Å². The van der Waals surface area contributed by atoms with Crippen LogP contribution in [-0.4, -0.2) is 20.2 Å². The van der Waals surface area contributed by atoms with Crippen molar-refractivity contribution in [1.82, 2.24) is 20.2 Å². The number of H-pyrrole nitrogens is 1. The van der Waals surface area contributed by atoms with E-state index in [0.717, 1.165) is 22.8 Å². The van der Waals surface area contributed by atoms with Gasteiger partial charge in [0, 0.05) is 33.2 Å². The number of aromatic nitrogens is 4. The topological polar surface area (TPSA) is 99.5 Å². The van der Waals surface area contributed by atoms with Crippen LogP contribution in [0.15, 0.2) is 76.8 Å². The Labute approximate surface area is 206 Å². The lowest BCUT2D eigenvalue weighted by atomic mass is 10.0. The molecule has 0 aliphatic carbocycles. The predicted molar refractivity (Wildman–Crippen MR) is 130 cm³/mol. The average molecular weight is 505 g/mol. The van der Waals surface area contributed by atoms with Gasteiger partial charge in [0.05, 0.1) is 29.2 Å². The molecule has 0 saturated carbocycles. The van der Waals surface area contributed by atoms with E-state index >= 15 is 0 Å². The summed E-state index contributed by atoms with van der Waals surface area (Å²) >= 11 is 2.81. The van der Waals surface area contributed by atoms with E-state index in [1.54, 1.807) is 36.1 Å². The van der Waals surface area contributed by atoms with Crippen molar-refractivity contribution in [2.75, 3.05) is 4.72 Å². The lowest BCUT2D eigenvalue weighted by Crippen LogP contribution is -1.95. The van der Waals surface area contributed by atoms with Crippen LogP contribution in [0.2, 0.25) is 0 Å². The Bertz CT molecular complexity index is 1520. The van der Waals surface area contributed by atoms with Crippen molar-refractivity contribution >= 4 is 29.1 Å². The number of nitrogens with one attached hydrogen (secondary N) is 2. The minimum absolute atomic E-state index is 0.331. The molecule has 0 spiro atoms. The molecule has 0 aliphatic heterocycles. The smallest absolute Gasteiger partial charge is 0.159 e. The third-order valence-corrected chi connectivity index (χ3v) is 6.28. The molecular formula is C24H14F2N6OS2. The van der Waals surface area contributed by atoms with Crippen molar-refractivity contribution < 1.29 is 13.5 Å². The lowest BCUT2D eigenvalue weighted by molar-refractivity contribution is 0.480. The molecule has 3 heterocycles. The minimum Gasteiger partial charge on any atom is -0.454 e. The van der Waals surface area contributed by atoms with Crippen LogP contribution in [0.25, 0.3) is 22.4 Å². The fourth-order valence-electron chi connectivity index (χ4n) is 3.20. The fraction of sp³-hybridized carbons (Fsp3) is 0. The maximum absolute atomic E-state index is 13.8. The summed E-state index contributed by atoms with van der Waals surface area (Å²) in [4.78, 5) is 9.34. The van der Waals surface area contributed by atoms with Gasteiger partial charge in [-0.15, -0.1) is 11.3 Å². The molecule has 0 bridgehead atoms. The van der Waals surface area contributed by atoms with Gasteiger partial charge in [-0.25, -0.2) is 13.8 Å². The minimum atomic E-state index is -0.963. The van der Waals surface area contributed by atoms with Gasteiger partial charge in [-0.2, -0.15) is 10.4 Å². The summed E-state index contributed by atoms with van der Waals surface area (Å²) in [5.41, 5.74) is 4.20.